The average Bonchev–Trinajstić information content (AvgIpc) is 3.37. The molecule has 198 valence electrons. The third-order valence-corrected chi connectivity index (χ3v) is 6.92. The van der Waals surface area contributed by atoms with Crippen LogP contribution in [-0.2, 0) is 6.42 Å². The highest BCUT2D eigenvalue weighted by Gasteiger charge is 2.16. The second kappa shape index (κ2) is 13.2. The van der Waals surface area contributed by atoms with E-state index in [1.807, 2.05) is 24.4 Å². The maximum Gasteiger partial charge on any atom is 0.164 e. The van der Waals surface area contributed by atoms with Gasteiger partial charge in [-0.3, -0.25) is 0 Å². The number of nitrogens with zero attached hydrogens (tertiary/aromatic N) is 2. The Labute approximate surface area is 227 Å². The first-order valence-electron chi connectivity index (χ1n) is 13.9. The summed E-state index contributed by atoms with van der Waals surface area (Å²) >= 11 is 0. The molecule has 0 spiro atoms. The van der Waals surface area contributed by atoms with Gasteiger partial charge in [0.1, 0.15) is 5.82 Å². The van der Waals surface area contributed by atoms with Gasteiger partial charge in [0.15, 0.2) is 5.82 Å². The zero-order valence-corrected chi connectivity index (χ0v) is 23.4. The molecule has 0 amide bonds. The molecule has 0 radical (unpaired) electrons. The Balaban J connectivity index is 0.000000417. The van der Waals surface area contributed by atoms with Crippen molar-refractivity contribution in [1.29, 1.82) is 0 Å². The van der Waals surface area contributed by atoms with Crippen molar-refractivity contribution in [2.75, 3.05) is 18.4 Å². The minimum absolute atomic E-state index is 0.333. The maximum atomic E-state index is 5.02. The molecule has 38 heavy (non-hydrogen) atoms. The highest BCUT2D eigenvalue weighted by atomic mass is 15.1. The van der Waals surface area contributed by atoms with Gasteiger partial charge in [-0.1, -0.05) is 80.1 Å². The van der Waals surface area contributed by atoms with Gasteiger partial charge in [0.2, 0.25) is 0 Å². The molecular weight excluding hydrogens is 466 g/mol. The summed E-state index contributed by atoms with van der Waals surface area (Å²) in [6.45, 7) is 12.8. The summed E-state index contributed by atoms with van der Waals surface area (Å²) in [4.78, 5) is 13.5. The number of aromatic amines is 1. The molecule has 5 rings (SSSR count). The van der Waals surface area contributed by atoms with Crippen LogP contribution in [0, 0.1) is 13.8 Å². The Morgan fingerprint density at radius 1 is 0.868 bits per heavy atom. The van der Waals surface area contributed by atoms with Crippen molar-refractivity contribution < 1.29 is 0 Å². The first-order chi connectivity index (χ1) is 18.5. The number of fused-ring (bicyclic) bond motifs is 2. The van der Waals surface area contributed by atoms with Crippen LogP contribution in [0.4, 0.5) is 5.82 Å². The fourth-order valence-corrected chi connectivity index (χ4v) is 4.77. The second-order valence-electron chi connectivity index (χ2n) is 9.96. The molecule has 3 aromatic carbocycles. The number of anilines is 1. The Kier molecular flexibility index (Phi) is 9.50. The molecule has 0 aliphatic rings. The minimum atomic E-state index is 0.333. The number of aromatic nitrogens is 3. The average molecular weight is 508 g/mol. The molecule has 1 unspecified atom stereocenters. The second-order valence-corrected chi connectivity index (χ2v) is 9.96. The first kappa shape index (κ1) is 27.3. The van der Waals surface area contributed by atoms with Crippen LogP contribution >= 0.6 is 0 Å². The topological polar surface area (TPSA) is 65.6 Å². The van der Waals surface area contributed by atoms with Crippen LogP contribution in [0.2, 0.25) is 0 Å². The van der Waals surface area contributed by atoms with Crippen molar-refractivity contribution in [2.24, 2.45) is 0 Å². The molecule has 3 N–H and O–H groups in total. The Bertz CT molecular complexity index is 1460. The molecule has 0 bridgehead atoms. The van der Waals surface area contributed by atoms with Crippen LogP contribution in [0.1, 0.15) is 50.3 Å². The fourth-order valence-electron chi connectivity index (χ4n) is 4.77. The van der Waals surface area contributed by atoms with Crippen LogP contribution in [-0.4, -0.2) is 34.1 Å². The Morgan fingerprint density at radius 2 is 1.63 bits per heavy atom. The molecule has 1 atom stereocenters. The third-order valence-electron chi connectivity index (χ3n) is 6.92. The van der Waals surface area contributed by atoms with E-state index >= 15 is 0 Å². The molecule has 0 fully saturated rings. The maximum absolute atomic E-state index is 5.02. The van der Waals surface area contributed by atoms with E-state index in [2.05, 4.69) is 98.8 Å². The minimum Gasteiger partial charge on any atom is -0.367 e. The predicted octanol–water partition coefficient (Wildman–Crippen LogP) is 7.83. The van der Waals surface area contributed by atoms with E-state index in [4.69, 9.17) is 9.97 Å². The number of rotatable bonds is 9. The number of benzene rings is 3. The molecule has 5 nitrogen and oxygen atoms in total. The Hall–Kier alpha value is -3.70. The van der Waals surface area contributed by atoms with Gasteiger partial charge in [-0.25, -0.2) is 9.97 Å². The van der Waals surface area contributed by atoms with E-state index in [0.29, 0.717) is 6.04 Å². The van der Waals surface area contributed by atoms with E-state index in [0.717, 1.165) is 66.0 Å². The van der Waals surface area contributed by atoms with Gasteiger partial charge in [0.05, 0.1) is 5.52 Å². The van der Waals surface area contributed by atoms with Crippen LogP contribution < -0.4 is 10.6 Å². The molecular formula is C33H41N5. The summed E-state index contributed by atoms with van der Waals surface area (Å²) in [5.41, 5.74) is 7.04. The van der Waals surface area contributed by atoms with Gasteiger partial charge in [-0.05, 0) is 70.3 Å². The van der Waals surface area contributed by atoms with Gasteiger partial charge < -0.3 is 15.6 Å². The molecule has 0 aliphatic heterocycles. The van der Waals surface area contributed by atoms with Crippen LogP contribution in [0.25, 0.3) is 33.2 Å². The lowest BCUT2D eigenvalue weighted by Crippen LogP contribution is -2.20. The van der Waals surface area contributed by atoms with E-state index in [9.17, 15) is 0 Å². The van der Waals surface area contributed by atoms with Crippen molar-refractivity contribution in [3.63, 3.8) is 0 Å². The van der Waals surface area contributed by atoms with Crippen LogP contribution in [0.15, 0.2) is 72.9 Å². The highest BCUT2D eigenvalue weighted by Crippen LogP contribution is 2.32. The molecule has 0 saturated carbocycles. The van der Waals surface area contributed by atoms with E-state index in [1.54, 1.807) is 0 Å². The number of nitrogens with one attached hydrogen (secondary N) is 3. The third kappa shape index (κ3) is 6.59. The zero-order chi connectivity index (χ0) is 26.9. The van der Waals surface area contributed by atoms with E-state index in [1.165, 1.54) is 22.0 Å². The summed E-state index contributed by atoms with van der Waals surface area (Å²) in [6.07, 6.45) is 5.27. The van der Waals surface area contributed by atoms with Gasteiger partial charge >= 0.3 is 0 Å². The summed E-state index contributed by atoms with van der Waals surface area (Å²) in [5.74, 6) is 1.68. The summed E-state index contributed by atoms with van der Waals surface area (Å²) < 4.78 is 0. The van der Waals surface area contributed by atoms with Crippen molar-refractivity contribution in [2.45, 2.75) is 59.9 Å². The molecule has 0 saturated heterocycles. The largest absolute Gasteiger partial charge is 0.367 e. The monoisotopic (exact) mass is 507 g/mol. The zero-order valence-electron chi connectivity index (χ0n) is 23.4. The lowest BCUT2D eigenvalue weighted by atomic mass is 10.1. The Morgan fingerprint density at radius 3 is 2.34 bits per heavy atom. The molecule has 2 heterocycles. The van der Waals surface area contributed by atoms with E-state index < -0.39 is 0 Å². The van der Waals surface area contributed by atoms with Crippen molar-refractivity contribution in [3.05, 3.63) is 89.6 Å². The lowest BCUT2D eigenvalue weighted by Gasteiger charge is -2.17. The van der Waals surface area contributed by atoms with Gasteiger partial charge in [0.25, 0.3) is 0 Å². The summed E-state index contributed by atoms with van der Waals surface area (Å²) in [6, 6.07) is 23.4. The molecule has 5 heteroatoms. The van der Waals surface area contributed by atoms with Crippen molar-refractivity contribution in [3.8, 4) is 11.4 Å². The van der Waals surface area contributed by atoms with E-state index in [-0.39, 0.29) is 0 Å². The molecule has 5 aromatic rings. The quantitative estimate of drug-likeness (QED) is 0.178. The first-order valence-corrected chi connectivity index (χ1v) is 13.9. The summed E-state index contributed by atoms with van der Waals surface area (Å²) in [7, 11) is 0. The van der Waals surface area contributed by atoms with Crippen molar-refractivity contribution >= 4 is 27.6 Å². The number of H-pyrrole nitrogens is 1. The smallest absolute Gasteiger partial charge is 0.164 e. The number of para-hydroxylation sites is 2. The molecule has 2 aromatic heterocycles. The normalized spacial score (nSPS) is 11.8. The van der Waals surface area contributed by atoms with Gasteiger partial charge in [-0.2, -0.15) is 0 Å². The van der Waals surface area contributed by atoms with Gasteiger partial charge in [-0.15, -0.1) is 0 Å². The molecule has 0 aliphatic carbocycles. The number of hydrogen-bond acceptors (Lipinski definition) is 4. The summed E-state index contributed by atoms with van der Waals surface area (Å²) in [5, 5.41) is 9.33. The number of aryl methyl sites for hydroxylation is 3. The number of hydrogen-bond donors (Lipinski definition) is 3. The van der Waals surface area contributed by atoms with Crippen molar-refractivity contribution in [1.82, 2.24) is 20.3 Å². The SMILES string of the molecule is CCNCCCC(C)Nc1nc(-c2c[nH]c3c(CC)cccc23)nc2c(C)cccc12.Cc1ccccc1. The standard InChI is InChI=1S/C26H33N5.C7H8/c1-5-19-12-8-13-20-22(16-28-24(19)20)26-30-23-17(3)10-7-14-21(23)25(31-26)29-18(4)11-9-15-27-6-2;1-7-5-3-2-4-6-7/h7-8,10,12-14,16,18,27-28H,5-6,9,11,15H2,1-4H3,(H,29,30,31);2-6H,1H3. The van der Waals surface area contributed by atoms with Gasteiger partial charge in [0, 0.05) is 34.1 Å². The fraction of sp³-hybridized carbons (Fsp3) is 0.333. The lowest BCUT2D eigenvalue weighted by molar-refractivity contribution is 0.602. The van der Waals surface area contributed by atoms with Crippen LogP contribution in [0.3, 0.4) is 0 Å². The van der Waals surface area contributed by atoms with Crippen LogP contribution in [0.5, 0.6) is 0 Å². The highest BCUT2D eigenvalue weighted by molar-refractivity contribution is 5.98. The predicted molar refractivity (Wildman–Crippen MR) is 163 cm³/mol.